The molecule has 2 aromatic carbocycles. The molecule has 1 N–H and O–H groups in total. The number of halogens is 1. The maximum Gasteiger partial charge on any atom is 0.337 e. The summed E-state index contributed by atoms with van der Waals surface area (Å²) in [5.74, 6) is -1.19. The molecule has 22 heavy (non-hydrogen) atoms. The molecule has 0 saturated heterocycles. The Morgan fingerprint density at radius 2 is 1.73 bits per heavy atom. The molecule has 0 spiro atoms. The molecule has 0 aliphatic rings. The van der Waals surface area contributed by atoms with Crippen molar-refractivity contribution in [3.8, 4) is 0 Å². The molecule has 2 aromatic rings. The number of hydrogen-bond donors (Lipinski definition) is 1. The minimum atomic E-state index is -3.68. The van der Waals surface area contributed by atoms with Crippen LogP contribution < -0.4 is 4.31 Å². The molecule has 0 aromatic heterocycles. The van der Waals surface area contributed by atoms with Crippen molar-refractivity contribution in [2.24, 2.45) is 0 Å². The first-order valence-corrected chi connectivity index (χ1v) is 8.57. The topological polar surface area (TPSA) is 74.7 Å². The molecule has 0 fully saturated rings. The van der Waals surface area contributed by atoms with Crippen LogP contribution in [0.4, 0.5) is 5.69 Å². The molecule has 116 valence electrons. The van der Waals surface area contributed by atoms with Crippen molar-refractivity contribution < 1.29 is 18.3 Å². The van der Waals surface area contributed by atoms with E-state index in [1.165, 1.54) is 12.1 Å². The molecule has 0 atom stereocenters. The van der Waals surface area contributed by atoms with Crippen molar-refractivity contribution in [1.82, 2.24) is 0 Å². The van der Waals surface area contributed by atoms with Crippen molar-refractivity contribution in [2.75, 3.05) is 10.6 Å². The maximum atomic E-state index is 12.1. The predicted octanol–water partition coefficient (Wildman–Crippen LogP) is 3.00. The fraction of sp³-hybridized carbons (Fsp3) is 0.133. The molecule has 0 heterocycles. The van der Waals surface area contributed by atoms with Gasteiger partial charge in [0.05, 0.1) is 24.1 Å². The molecule has 0 radical (unpaired) electrons. The van der Waals surface area contributed by atoms with Gasteiger partial charge >= 0.3 is 5.97 Å². The Morgan fingerprint density at radius 1 is 1.14 bits per heavy atom. The Hall–Kier alpha value is -2.05. The minimum absolute atomic E-state index is 0.0389. The molecule has 5 nitrogen and oxygen atoms in total. The van der Waals surface area contributed by atoms with Crippen LogP contribution in [0, 0.1) is 0 Å². The van der Waals surface area contributed by atoms with Crippen molar-refractivity contribution >= 4 is 33.3 Å². The summed E-state index contributed by atoms with van der Waals surface area (Å²) in [6, 6.07) is 12.8. The molecule has 2 rings (SSSR count). The average Bonchev–Trinajstić information content (AvgIpc) is 2.45. The van der Waals surface area contributed by atoms with Gasteiger partial charge in [-0.2, -0.15) is 0 Å². The van der Waals surface area contributed by atoms with E-state index < -0.39 is 16.0 Å². The van der Waals surface area contributed by atoms with Crippen LogP contribution in [0.1, 0.15) is 15.9 Å². The molecular weight excluding hydrogens is 326 g/mol. The summed E-state index contributed by atoms with van der Waals surface area (Å²) in [7, 11) is -3.68. The third-order valence-corrected chi connectivity index (χ3v) is 4.57. The second kappa shape index (κ2) is 6.37. The van der Waals surface area contributed by atoms with Crippen molar-refractivity contribution in [1.29, 1.82) is 0 Å². The van der Waals surface area contributed by atoms with Gasteiger partial charge in [0.2, 0.25) is 10.0 Å². The SMILES string of the molecule is CS(=O)(=O)N(Cc1ccccc1Cl)c1ccccc1C(=O)O. The van der Waals surface area contributed by atoms with Crippen molar-refractivity contribution in [2.45, 2.75) is 6.54 Å². The summed E-state index contributed by atoms with van der Waals surface area (Å²) in [5.41, 5.74) is 0.618. The number of anilines is 1. The van der Waals surface area contributed by atoms with Crippen LogP contribution >= 0.6 is 11.6 Å². The van der Waals surface area contributed by atoms with E-state index in [4.69, 9.17) is 11.6 Å². The third-order valence-electron chi connectivity index (χ3n) is 3.08. The van der Waals surface area contributed by atoms with E-state index in [9.17, 15) is 18.3 Å². The minimum Gasteiger partial charge on any atom is -0.478 e. The number of carbonyl (C=O) groups is 1. The Balaban J connectivity index is 2.54. The fourth-order valence-electron chi connectivity index (χ4n) is 2.03. The Bertz CT molecular complexity index is 805. The summed E-state index contributed by atoms with van der Waals surface area (Å²) in [4.78, 5) is 11.3. The number of carboxylic acids is 1. The average molecular weight is 340 g/mol. The van der Waals surface area contributed by atoms with Gasteiger partial charge in [-0.3, -0.25) is 4.31 Å². The zero-order valence-corrected chi connectivity index (χ0v) is 13.3. The highest BCUT2D eigenvalue weighted by Gasteiger charge is 2.23. The Labute approximate surface area is 133 Å². The van der Waals surface area contributed by atoms with Crippen molar-refractivity contribution in [3.63, 3.8) is 0 Å². The van der Waals surface area contributed by atoms with Gasteiger partial charge in [0.15, 0.2) is 0 Å². The normalized spacial score (nSPS) is 11.2. The number of sulfonamides is 1. The fourth-order valence-corrected chi connectivity index (χ4v) is 3.12. The summed E-state index contributed by atoms with van der Waals surface area (Å²) < 4.78 is 25.3. The van der Waals surface area contributed by atoms with E-state index in [-0.39, 0.29) is 17.8 Å². The zero-order chi connectivity index (χ0) is 16.3. The largest absolute Gasteiger partial charge is 0.478 e. The van der Waals surface area contributed by atoms with Crippen LogP contribution in [0.5, 0.6) is 0 Å². The van der Waals surface area contributed by atoms with Gasteiger partial charge in [0.1, 0.15) is 0 Å². The van der Waals surface area contributed by atoms with Gasteiger partial charge in [0.25, 0.3) is 0 Å². The van der Waals surface area contributed by atoms with E-state index in [2.05, 4.69) is 0 Å². The lowest BCUT2D eigenvalue weighted by molar-refractivity contribution is 0.0697. The number of carboxylic acid groups (broad SMARTS) is 1. The van der Waals surface area contributed by atoms with Gasteiger partial charge < -0.3 is 5.11 Å². The summed E-state index contributed by atoms with van der Waals surface area (Å²) in [6.07, 6.45) is 1.03. The zero-order valence-electron chi connectivity index (χ0n) is 11.7. The molecular formula is C15H14ClNO4S. The molecule has 0 aliphatic carbocycles. The summed E-state index contributed by atoms with van der Waals surface area (Å²) >= 11 is 6.07. The number of benzene rings is 2. The number of nitrogens with zero attached hydrogens (tertiary/aromatic N) is 1. The molecule has 0 unspecified atom stereocenters. The van der Waals surface area contributed by atoms with Crippen LogP contribution in [0.25, 0.3) is 0 Å². The first kappa shape index (κ1) is 16.3. The predicted molar refractivity (Wildman–Crippen MR) is 85.9 cm³/mol. The van der Waals surface area contributed by atoms with E-state index in [1.54, 1.807) is 36.4 Å². The summed E-state index contributed by atoms with van der Waals surface area (Å²) in [5, 5.41) is 9.67. The van der Waals surface area contributed by atoms with E-state index >= 15 is 0 Å². The van der Waals surface area contributed by atoms with Crippen LogP contribution in [0.2, 0.25) is 5.02 Å². The van der Waals surface area contributed by atoms with Gasteiger partial charge in [-0.25, -0.2) is 13.2 Å². The highest BCUT2D eigenvalue weighted by Crippen LogP contribution is 2.27. The van der Waals surface area contributed by atoms with Crippen LogP contribution in [-0.2, 0) is 16.6 Å². The number of rotatable bonds is 5. The van der Waals surface area contributed by atoms with E-state index in [1.807, 2.05) is 0 Å². The van der Waals surface area contributed by atoms with Crippen molar-refractivity contribution in [3.05, 3.63) is 64.7 Å². The van der Waals surface area contributed by atoms with Crippen LogP contribution in [0.3, 0.4) is 0 Å². The first-order valence-electron chi connectivity index (χ1n) is 6.34. The van der Waals surface area contributed by atoms with Gasteiger partial charge in [-0.15, -0.1) is 0 Å². The smallest absolute Gasteiger partial charge is 0.337 e. The number of aromatic carboxylic acids is 1. The molecule has 7 heteroatoms. The molecule has 0 bridgehead atoms. The Morgan fingerprint density at radius 3 is 2.32 bits per heavy atom. The van der Waals surface area contributed by atoms with Crippen LogP contribution in [-0.4, -0.2) is 25.7 Å². The lowest BCUT2D eigenvalue weighted by Gasteiger charge is -2.24. The first-order chi connectivity index (χ1) is 10.3. The second-order valence-electron chi connectivity index (χ2n) is 4.68. The molecule has 0 aliphatic heterocycles. The lowest BCUT2D eigenvalue weighted by Crippen LogP contribution is -2.30. The number of hydrogen-bond acceptors (Lipinski definition) is 3. The summed E-state index contributed by atoms with van der Waals surface area (Å²) in [6.45, 7) is -0.0389. The second-order valence-corrected chi connectivity index (χ2v) is 7.00. The monoisotopic (exact) mass is 339 g/mol. The van der Waals surface area contributed by atoms with E-state index in [0.29, 0.717) is 10.6 Å². The standard InChI is InChI=1S/C15H14ClNO4S/c1-22(20,21)17(10-11-6-2-4-8-13(11)16)14-9-5-3-7-12(14)15(18)19/h2-9H,10H2,1H3,(H,18,19). The van der Waals surface area contributed by atoms with Gasteiger partial charge in [-0.05, 0) is 23.8 Å². The Kier molecular flexibility index (Phi) is 4.73. The third kappa shape index (κ3) is 3.58. The van der Waals surface area contributed by atoms with E-state index in [0.717, 1.165) is 10.6 Å². The lowest BCUT2D eigenvalue weighted by atomic mass is 10.1. The highest BCUT2D eigenvalue weighted by molar-refractivity contribution is 7.92. The number of para-hydroxylation sites is 1. The van der Waals surface area contributed by atoms with Gasteiger partial charge in [-0.1, -0.05) is 41.9 Å². The maximum absolute atomic E-state index is 12.1. The van der Waals surface area contributed by atoms with Gasteiger partial charge in [0, 0.05) is 5.02 Å². The van der Waals surface area contributed by atoms with Crippen LogP contribution in [0.15, 0.2) is 48.5 Å². The molecule has 0 saturated carbocycles. The highest BCUT2D eigenvalue weighted by atomic mass is 35.5. The molecule has 0 amide bonds. The quantitative estimate of drug-likeness (QED) is 0.908.